The van der Waals surface area contributed by atoms with Crippen molar-refractivity contribution in [3.8, 4) is 11.5 Å². The molecular formula is C18H21NO2. The smallest absolute Gasteiger partial charge is 0.123 e. The Morgan fingerprint density at radius 3 is 2.86 bits per heavy atom. The third-order valence-corrected chi connectivity index (χ3v) is 3.88. The first-order chi connectivity index (χ1) is 10.3. The molecule has 1 heterocycles. The van der Waals surface area contributed by atoms with E-state index in [1.54, 1.807) is 0 Å². The predicted molar refractivity (Wildman–Crippen MR) is 84.0 cm³/mol. The molecule has 3 rings (SSSR count). The molecule has 3 heteroatoms. The SMILES string of the molecule is CCOc1cccc(C(NC)C2Cc3ccccc3O2)c1. The minimum atomic E-state index is 0.115. The predicted octanol–water partition coefficient (Wildman–Crippen LogP) is 3.35. The molecule has 2 aromatic rings. The molecule has 2 unspecified atom stereocenters. The fourth-order valence-electron chi connectivity index (χ4n) is 2.93. The molecule has 2 atom stereocenters. The van der Waals surface area contributed by atoms with Gasteiger partial charge in [0.15, 0.2) is 0 Å². The second kappa shape index (κ2) is 6.19. The highest BCUT2D eigenvalue weighted by Gasteiger charge is 2.30. The van der Waals surface area contributed by atoms with Gasteiger partial charge in [-0.2, -0.15) is 0 Å². The van der Waals surface area contributed by atoms with E-state index >= 15 is 0 Å². The molecule has 1 N–H and O–H groups in total. The van der Waals surface area contributed by atoms with Crippen LogP contribution in [-0.4, -0.2) is 19.8 Å². The highest BCUT2D eigenvalue weighted by molar-refractivity contribution is 5.39. The maximum absolute atomic E-state index is 6.11. The van der Waals surface area contributed by atoms with Crippen LogP contribution in [0, 0.1) is 0 Å². The van der Waals surface area contributed by atoms with E-state index in [1.807, 2.05) is 38.2 Å². The molecule has 0 spiro atoms. The van der Waals surface area contributed by atoms with E-state index in [0.29, 0.717) is 6.61 Å². The summed E-state index contributed by atoms with van der Waals surface area (Å²) in [5.74, 6) is 1.91. The molecule has 1 aliphatic rings. The number of fused-ring (bicyclic) bond motifs is 1. The monoisotopic (exact) mass is 283 g/mol. The summed E-state index contributed by atoms with van der Waals surface area (Å²) < 4.78 is 11.7. The lowest BCUT2D eigenvalue weighted by atomic mass is 9.97. The van der Waals surface area contributed by atoms with E-state index in [1.165, 1.54) is 11.1 Å². The van der Waals surface area contributed by atoms with Crippen molar-refractivity contribution in [3.63, 3.8) is 0 Å². The van der Waals surface area contributed by atoms with Crippen molar-refractivity contribution in [2.24, 2.45) is 0 Å². The summed E-state index contributed by atoms with van der Waals surface area (Å²) in [5.41, 5.74) is 2.48. The van der Waals surface area contributed by atoms with Gasteiger partial charge in [-0.1, -0.05) is 30.3 Å². The molecule has 0 bridgehead atoms. The lowest BCUT2D eigenvalue weighted by Crippen LogP contribution is -2.32. The lowest BCUT2D eigenvalue weighted by molar-refractivity contribution is 0.183. The Hall–Kier alpha value is -2.00. The Balaban J connectivity index is 1.82. The van der Waals surface area contributed by atoms with Gasteiger partial charge in [0, 0.05) is 6.42 Å². The zero-order valence-electron chi connectivity index (χ0n) is 12.5. The average Bonchev–Trinajstić information content (AvgIpc) is 2.92. The van der Waals surface area contributed by atoms with Crippen molar-refractivity contribution < 1.29 is 9.47 Å². The highest BCUT2D eigenvalue weighted by Crippen LogP contribution is 2.34. The van der Waals surface area contributed by atoms with E-state index in [-0.39, 0.29) is 12.1 Å². The Bertz CT molecular complexity index is 587. The highest BCUT2D eigenvalue weighted by atomic mass is 16.5. The van der Waals surface area contributed by atoms with Crippen molar-refractivity contribution in [2.45, 2.75) is 25.5 Å². The number of ether oxygens (including phenoxy) is 2. The number of benzene rings is 2. The van der Waals surface area contributed by atoms with Crippen LogP contribution in [0.4, 0.5) is 0 Å². The molecule has 0 aliphatic carbocycles. The summed E-state index contributed by atoms with van der Waals surface area (Å²) in [4.78, 5) is 0. The van der Waals surface area contributed by atoms with E-state index in [0.717, 1.165) is 17.9 Å². The van der Waals surface area contributed by atoms with Crippen molar-refractivity contribution in [2.75, 3.05) is 13.7 Å². The van der Waals surface area contributed by atoms with Crippen LogP contribution in [0.15, 0.2) is 48.5 Å². The van der Waals surface area contributed by atoms with Gasteiger partial charge in [-0.05, 0) is 43.3 Å². The summed E-state index contributed by atoms with van der Waals surface area (Å²) in [6, 6.07) is 16.7. The van der Waals surface area contributed by atoms with E-state index in [2.05, 4.69) is 29.6 Å². The van der Waals surface area contributed by atoms with Crippen LogP contribution in [-0.2, 0) is 6.42 Å². The number of para-hydroxylation sites is 1. The Labute approximate surface area is 125 Å². The van der Waals surface area contributed by atoms with Gasteiger partial charge in [0.25, 0.3) is 0 Å². The van der Waals surface area contributed by atoms with Gasteiger partial charge >= 0.3 is 0 Å². The number of nitrogens with one attached hydrogen (secondary N) is 1. The quantitative estimate of drug-likeness (QED) is 0.913. The van der Waals surface area contributed by atoms with Crippen molar-refractivity contribution in [1.29, 1.82) is 0 Å². The number of rotatable bonds is 5. The molecule has 0 saturated heterocycles. The molecule has 3 nitrogen and oxygen atoms in total. The molecule has 0 amide bonds. The Morgan fingerprint density at radius 1 is 1.24 bits per heavy atom. The largest absolute Gasteiger partial charge is 0.494 e. The van der Waals surface area contributed by atoms with Crippen LogP contribution in [0.1, 0.15) is 24.1 Å². The molecule has 0 fully saturated rings. The molecular weight excluding hydrogens is 262 g/mol. The van der Waals surface area contributed by atoms with Gasteiger partial charge in [-0.3, -0.25) is 0 Å². The van der Waals surface area contributed by atoms with Crippen molar-refractivity contribution in [1.82, 2.24) is 5.32 Å². The summed E-state index contributed by atoms with van der Waals surface area (Å²) in [7, 11) is 1.98. The van der Waals surface area contributed by atoms with Crippen LogP contribution < -0.4 is 14.8 Å². The van der Waals surface area contributed by atoms with Crippen LogP contribution in [0.5, 0.6) is 11.5 Å². The molecule has 0 aromatic heterocycles. The number of likely N-dealkylation sites (N-methyl/N-ethyl adjacent to an activating group) is 1. The summed E-state index contributed by atoms with van der Waals surface area (Å²) in [5, 5.41) is 3.38. The van der Waals surface area contributed by atoms with Crippen molar-refractivity contribution >= 4 is 0 Å². The summed E-state index contributed by atoms with van der Waals surface area (Å²) in [6.45, 7) is 2.68. The second-order valence-electron chi connectivity index (χ2n) is 5.24. The lowest BCUT2D eigenvalue weighted by Gasteiger charge is -2.23. The van der Waals surface area contributed by atoms with Crippen LogP contribution in [0.2, 0.25) is 0 Å². The third kappa shape index (κ3) is 2.88. The van der Waals surface area contributed by atoms with Crippen LogP contribution in [0.3, 0.4) is 0 Å². The standard InChI is InChI=1S/C18H21NO2/c1-3-20-15-9-6-8-14(11-15)18(19-2)17-12-13-7-4-5-10-16(13)21-17/h4-11,17-19H,3,12H2,1-2H3. The van der Waals surface area contributed by atoms with Gasteiger partial charge in [-0.25, -0.2) is 0 Å². The van der Waals surface area contributed by atoms with Gasteiger partial charge in [0.1, 0.15) is 17.6 Å². The molecule has 0 saturated carbocycles. The maximum atomic E-state index is 6.11. The van der Waals surface area contributed by atoms with E-state index < -0.39 is 0 Å². The van der Waals surface area contributed by atoms with Gasteiger partial charge in [0.05, 0.1) is 12.6 Å². The van der Waals surface area contributed by atoms with E-state index in [9.17, 15) is 0 Å². The fraction of sp³-hybridized carbons (Fsp3) is 0.333. The van der Waals surface area contributed by atoms with Crippen LogP contribution >= 0.6 is 0 Å². The van der Waals surface area contributed by atoms with E-state index in [4.69, 9.17) is 9.47 Å². The Morgan fingerprint density at radius 2 is 2.10 bits per heavy atom. The fourth-order valence-corrected chi connectivity index (χ4v) is 2.93. The third-order valence-electron chi connectivity index (χ3n) is 3.88. The zero-order chi connectivity index (χ0) is 14.7. The van der Waals surface area contributed by atoms with Gasteiger partial charge in [-0.15, -0.1) is 0 Å². The number of hydrogen-bond acceptors (Lipinski definition) is 3. The first-order valence-corrected chi connectivity index (χ1v) is 7.46. The van der Waals surface area contributed by atoms with Crippen LogP contribution in [0.25, 0.3) is 0 Å². The van der Waals surface area contributed by atoms with Gasteiger partial charge < -0.3 is 14.8 Å². The minimum absolute atomic E-state index is 0.115. The first-order valence-electron chi connectivity index (χ1n) is 7.46. The summed E-state index contributed by atoms with van der Waals surface area (Å²) >= 11 is 0. The van der Waals surface area contributed by atoms with Gasteiger partial charge in [0.2, 0.25) is 0 Å². The van der Waals surface area contributed by atoms with Crippen molar-refractivity contribution in [3.05, 3.63) is 59.7 Å². The molecule has 21 heavy (non-hydrogen) atoms. The molecule has 110 valence electrons. The average molecular weight is 283 g/mol. The molecule has 1 aliphatic heterocycles. The second-order valence-corrected chi connectivity index (χ2v) is 5.24. The first kappa shape index (κ1) is 14.0. The topological polar surface area (TPSA) is 30.5 Å². The Kier molecular flexibility index (Phi) is 4.11. The molecule has 0 radical (unpaired) electrons. The number of hydrogen-bond donors (Lipinski definition) is 1. The normalized spacial score (nSPS) is 17.9. The maximum Gasteiger partial charge on any atom is 0.123 e. The minimum Gasteiger partial charge on any atom is -0.494 e. The summed E-state index contributed by atoms with van der Waals surface area (Å²) in [6.07, 6.45) is 1.05. The zero-order valence-corrected chi connectivity index (χ0v) is 12.5. The molecule has 2 aromatic carbocycles.